The van der Waals surface area contributed by atoms with Gasteiger partial charge in [0.1, 0.15) is 0 Å². The van der Waals surface area contributed by atoms with Crippen LogP contribution in [0.1, 0.15) is 17.7 Å². The summed E-state index contributed by atoms with van der Waals surface area (Å²) in [5.74, 6) is 0. The molecule has 0 saturated heterocycles. The fraction of sp³-hybridized carbons (Fsp3) is 0.286. The molecule has 0 fully saturated rings. The Morgan fingerprint density at radius 2 is 2.23 bits per heavy atom. The Morgan fingerprint density at radius 1 is 1.62 bits per heavy atom. The van der Waals surface area contributed by atoms with Crippen molar-refractivity contribution in [1.82, 2.24) is 4.98 Å². The Morgan fingerprint density at radius 3 is 2.62 bits per heavy atom. The lowest BCUT2D eigenvalue weighted by atomic mass is 10.2. The quantitative estimate of drug-likeness (QED) is 0.775. The highest BCUT2D eigenvalue weighted by atomic mass is 35.5. The lowest BCUT2D eigenvalue weighted by Crippen LogP contribution is -2.15. The van der Waals surface area contributed by atoms with Crippen LogP contribution in [-0.2, 0) is 6.61 Å². The minimum atomic E-state index is -2.78. The van der Waals surface area contributed by atoms with E-state index in [2.05, 4.69) is 0 Å². The van der Waals surface area contributed by atoms with Gasteiger partial charge in [-0.05, 0) is 6.07 Å². The van der Waals surface area contributed by atoms with Gasteiger partial charge in [0.15, 0.2) is 0 Å². The summed E-state index contributed by atoms with van der Waals surface area (Å²) in [7, 11) is 0. The number of hydrogen-bond donors (Lipinski definition) is 2. The van der Waals surface area contributed by atoms with Crippen LogP contribution in [0.15, 0.2) is 10.9 Å². The predicted molar refractivity (Wildman–Crippen MR) is 43.0 cm³/mol. The van der Waals surface area contributed by atoms with E-state index < -0.39 is 24.3 Å². The zero-order valence-electron chi connectivity index (χ0n) is 6.35. The molecule has 0 aliphatic carbocycles. The summed E-state index contributed by atoms with van der Waals surface area (Å²) in [5, 5.41) is 8.49. The highest BCUT2D eigenvalue weighted by Crippen LogP contribution is 2.20. The van der Waals surface area contributed by atoms with Crippen LogP contribution in [0.3, 0.4) is 0 Å². The minimum Gasteiger partial charge on any atom is -0.391 e. The van der Waals surface area contributed by atoms with Crippen molar-refractivity contribution in [3.8, 4) is 0 Å². The number of H-pyrrole nitrogens is 1. The summed E-state index contributed by atoms with van der Waals surface area (Å²) in [4.78, 5) is 12.9. The molecule has 0 aromatic carbocycles. The topological polar surface area (TPSA) is 53.1 Å². The minimum absolute atomic E-state index is 0.105. The zero-order chi connectivity index (χ0) is 10.0. The zero-order valence-corrected chi connectivity index (χ0v) is 7.11. The van der Waals surface area contributed by atoms with E-state index in [-0.39, 0.29) is 10.6 Å². The molecule has 0 saturated carbocycles. The van der Waals surface area contributed by atoms with E-state index in [0.717, 1.165) is 6.07 Å². The van der Waals surface area contributed by atoms with Gasteiger partial charge in [0.25, 0.3) is 12.0 Å². The smallest absolute Gasteiger partial charge is 0.278 e. The molecule has 1 aromatic heterocycles. The molecule has 1 heterocycles. The van der Waals surface area contributed by atoms with E-state index in [9.17, 15) is 13.6 Å². The number of aliphatic hydroxyl groups is 1. The van der Waals surface area contributed by atoms with Crippen molar-refractivity contribution in [2.75, 3.05) is 0 Å². The largest absolute Gasteiger partial charge is 0.391 e. The molecule has 0 aliphatic heterocycles. The van der Waals surface area contributed by atoms with Crippen LogP contribution < -0.4 is 5.56 Å². The summed E-state index contributed by atoms with van der Waals surface area (Å²) < 4.78 is 24.1. The van der Waals surface area contributed by atoms with Crippen molar-refractivity contribution < 1.29 is 13.9 Å². The van der Waals surface area contributed by atoms with Gasteiger partial charge < -0.3 is 10.1 Å². The van der Waals surface area contributed by atoms with Gasteiger partial charge in [-0.3, -0.25) is 4.79 Å². The van der Waals surface area contributed by atoms with Crippen LogP contribution in [0.4, 0.5) is 8.78 Å². The normalized spacial score (nSPS) is 10.8. The lowest BCUT2D eigenvalue weighted by molar-refractivity contribution is 0.145. The van der Waals surface area contributed by atoms with Gasteiger partial charge in [-0.2, -0.15) is 0 Å². The van der Waals surface area contributed by atoms with Gasteiger partial charge in [0.05, 0.1) is 22.9 Å². The third kappa shape index (κ3) is 2.05. The van der Waals surface area contributed by atoms with Gasteiger partial charge in [-0.25, -0.2) is 8.78 Å². The van der Waals surface area contributed by atoms with Crippen LogP contribution in [0.5, 0.6) is 0 Å². The molecule has 1 aromatic rings. The molecule has 3 nitrogen and oxygen atoms in total. The van der Waals surface area contributed by atoms with Gasteiger partial charge in [-0.1, -0.05) is 11.6 Å². The van der Waals surface area contributed by atoms with E-state index in [4.69, 9.17) is 16.7 Å². The van der Waals surface area contributed by atoms with Crippen molar-refractivity contribution in [3.63, 3.8) is 0 Å². The molecule has 0 spiro atoms. The van der Waals surface area contributed by atoms with Crippen molar-refractivity contribution in [1.29, 1.82) is 0 Å². The summed E-state index contributed by atoms with van der Waals surface area (Å²) >= 11 is 5.47. The van der Waals surface area contributed by atoms with E-state index in [1.54, 1.807) is 0 Å². The second kappa shape index (κ2) is 3.85. The molecule has 0 amide bonds. The molecule has 72 valence electrons. The van der Waals surface area contributed by atoms with Gasteiger partial charge in [-0.15, -0.1) is 0 Å². The highest BCUT2D eigenvalue weighted by molar-refractivity contribution is 6.31. The van der Waals surface area contributed by atoms with Gasteiger partial charge in [0, 0.05) is 0 Å². The first kappa shape index (κ1) is 10.1. The number of alkyl halides is 2. The highest BCUT2D eigenvalue weighted by Gasteiger charge is 2.12. The SMILES string of the molecule is O=c1[nH]c(C(F)F)cc(Cl)c1CO. The maximum absolute atomic E-state index is 12.1. The molecular formula is C7H6ClF2NO2. The number of rotatable bonds is 2. The van der Waals surface area contributed by atoms with Gasteiger partial charge in [0.2, 0.25) is 0 Å². The fourth-order valence-corrected chi connectivity index (χ4v) is 1.10. The van der Waals surface area contributed by atoms with Crippen molar-refractivity contribution in [2.24, 2.45) is 0 Å². The summed E-state index contributed by atoms with van der Waals surface area (Å²) in [6.45, 7) is -0.572. The predicted octanol–water partition coefficient (Wildman–Crippen LogP) is 1.46. The average molecular weight is 210 g/mol. The number of hydrogen-bond acceptors (Lipinski definition) is 2. The Hall–Kier alpha value is -0.940. The molecule has 0 bridgehead atoms. The first-order chi connectivity index (χ1) is 6.06. The lowest BCUT2D eigenvalue weighted by Gasteiger charge is -2.03. The monoisotopic (exact) mass is 209 g/mol. The van der Waals surface area contributed by atoms with Crippen LogP contribution in [0.25, 0.3) is 0 Å². The Kier molecular flexibility index (Phi) is 3.00. The molecule has 0 unspecified atom stereocenters. The molecule has 0 atom stereocenters. The molecule has 2 N–H and O–H groups in total. The number of aromatic nitrogens is 1. The summed E-state index contributed by atoms with van der Waals surface area (Å²) in [6, 6.07) is 0.930. The molecule has 0 aliphatic rings. The number of halogens is 3. The van der Waals surface area contributed by atoms with Crippen LogP contribution >= 0.6 is 11.6 Å². The number of aliphatic hydroxyl groups excluding tert-OH is 1. The summed E-state index contributed by atoms with van der Waals surface area (Å²) in [6.07, 6.45) is -2.78. The number of nitrogens with one attached hydrogen (secondary N) is 1. The van der Waals surface area contributed by atoms with Crippen molar-refractivity contribution in [3.05, 3.63) is 32.7 Å². The van der Waals surface area contributed by atoms with E-state index in [0.29, 0.717) is 0 Å². The van der Waals surface area contributed by atoms with E-state index in [1.807, 2.05) is 4.98 Å². The van der Waals surface area contributed by atoms with Crippen molar-refractivity contribution >= 4 is 11.6 Å². The molecule has 0 radical (unpaired) electrons. The fourth-order valence-electron chi connectivity index (χ4n) is 0.840. The second-order valence-electron chi connectivity index (χ2n) is 2.34. The second-order valence-corrected chi connectivity index (χ2v) is 2.75. The van der Waals surface area contributed by atoms with Crippen LogP contribution in [0, 0.1) is 0 Å². The summed E-state index contributed by atoms with van der Waals surface area (Å²) in [5.41, 5.74) is -1.44. The third-order valence-electron chi connectivity index (χ3n) is 1.50. The molecule has 1 rings (SSSR count). The Balaban J connectivity index is 3.29. The maximum Gasteiger partial charge on any atom is 0.278 e. The Labute approximate surface area is 77.0 Å². The van der Waals surface area contributed by atoms with Crippen LogP contribution in [-0.4, -0.2) is 10.1 Å². The van der Waals surface area contributed by atoms with E-state index >= 15 is 0 Å². The first-order valence-electron chi connectivity index (χ1n) is 3.37. The molecule has 6 heteroatoms. The number of pyridine rings is 1. The molecule has 13 heavy (non-hydrogen) atoms. The number of aromatic amines is 1. The van der Waals surface area contributed by atoms with Crippen molar-refractivity contribution in [2.45, 2.75) is 13.0 Å². The van der Waals surface area contributed by atoms with E-state index in [1.165, 1.54) is 0 Å². The standard InChI is InChI=1S/C7H6ClF2NO2/c8-4-1-5(6(9)10)11-7(13)3(4)2-12/h1,6,12H,2H2,(H,11,13). The van der Waals surface area contributed by atoms with Gasteiger partial charge >= 0.3 is 0 Å². The first-order valence-corrected chi connectivity index (χ1v) is 3.74. The average Bonchev–Trinajstić information content (AvgIpc) is 2.03. The maximum atomic E-state index is 12.1. The van der Waals surface area contributed by atoms with Crippen LogP contribution in [0.2, 0.25) is 5.02 Å². The third-order valence-corrected chi connectivity index (χ3v) is 1.83. The molecular weight excluding hydrogens is 204 g/mol. The Bertz CT molecular complexity index is 364.